The minimum absolute atomic E-state index is 0.00112. The summed E-state index contributed by atoms with van der Waals surface area (Å²) in [5, 5.41) is 10.6. The second-order valence-electron chi connectivity index (χ2n) is 8.09. The molecule has 0 saturated carbocycles. The molecule has 0 aromatic rings. The van der Waals surface area contributed by atoms with Gasteiger partial charge in [-0.05, 0) is 40.5 Å². The minimum atomic E-state index is -0.671. The number of carbonyl (C=O) groups excluding carboxylic acids is 4. The lowest BCUT2D eigenvalue weighted by Crippen LogP contribution is -2.31. The van der Waals surface area contributed by atoms with Gasteiger partial charge in [0.2, 0.25) is 0 Å². The molecule has 0 spiro atoms. The molecule has 10 heteroatoms. The lowest BCUT2D eigenvalue weighted by molar-refractivity contribution is -0.155. The fraction of sp³-hybridized carbons (Fsp3) is 0.696. The molecule has 0 rings (SSSR count). The molecule has 0 aliphatic carbocycles. The van der Waals surface area contributed by atoms with E-state index >= 15 is 0 Å². The van der Waals surface area contributed by atoms with Crippen molar-refractivity contribution in [3.05, 3.63) is 12.7 Å². The van der Waals surface area contributed by atoms with E-state index in [1.165, 1.54) is 0 Å². The molecule has 33 heavy (non-hydrogen) atoms. The maximum atomic E-state index is 11.6. The van der Waals surface area contributed by atoms with Crippen molar-refractivity contribution in [2.45, 2.75) is 60.8 Å². The van der Waals surface area contributed by atoms with Crippen molar-refractivity contribution >= 4 is 24.0 Å². The van der Waals surface area contributed by atoms with E-state index in [1.54, 1.807) is 13.8 Å². The Kier molecular flexibility index (Phi) is 17.0. The van der Waals surface area contributed by atoms with Crippen LogP contribution in [-0.4, -0.2) is 57.0 Å². The van der Waals surface area contributed by atoms with E-state index < -0.39 is 22.9 Å². The second-order valence-corrected chi connectivity index (χ2v) is 8.09. The fourth-order valence-corrected chi connectivity index (χ4v) is 1.55. The van der Waals surface area contributed by atoms with Gasteiger partial charge in [-0.2, -0.15) is 5.26 Å². The number of rotatable bonds is 13. The smallest absolute Gasteiger partial charge is 0.407 e. The number of carbonyl (C=O) groups is 4. The van der Waals surface area contributed by atoms with E-state index in [9.17, 15) is 19.2 Å². The first kappa shape index (κ1) is 32.1. The van der Waals surface area contributed by atoms with Crippen LogP contribution in [0.5, 0.6) is 0 Å². The number of nitrogens with zero attached hydrogens (tertiary/aromatic N) is 1. The summed E-state index contributed by atoms with van der Waals surface area (Å²) in [6.07, 6.45) is 2.04. The molecule has 0 bridgehead atoms. The van der Waals surface area contributed by atoms with Crippen LogP contribution in [0.1, 0.15) is 60.8 Å². The van der Waals surface area contributed by atoms with Crippen LogP contribution in [0, 0.1) is 22.2 Å². The summed E-state index contributed by atoms with van der Waals surface area (Å²) in [7, 11) is 0. The van der Waals surface area contributed by atoms with Crippen molar-refractivity contribution in [3.8, 4) is 6.07 Å². The number of amides is 1. The van der Waals surface area contributed by atoms with Gasteiger partial charge in [-0.25, -0.2) is 9.59 Å². The summed E-state index contributed by atoms with van der Waals surface area (Å²) in [4.78, 5) is 44.8. The van der Waals surface area contributed by atoms with Crippen LogP contribution < -0.4 is 5.32 Å². The molecule has 0 fully saturated rings. The zero-order valence-corrected chi connectivity index (χ0v) is 20.7. The van der Waals surface area contributed by atoms with Gasteiger partial charge in [0.15, 0.2) is 0 Å². The third kappa shape index (κ3) is 16.2. The van der Waals surface area contributed by atoms with Crippen LogP contribution in [0.25, 0.3) is 0 Å². The summed E-state index contributed by atoms with van der Waals surface area (Å²) >= 11 is 0. The number of esters is 3. The molecule has 1 amide bonds. The Morgan fingerprint density at radius 2 is 1.33 bits per heavy atom. The Hall–Kier alpha value is -3.09. The first-order valence-electron chi connectivity index (χ1n) is 10.8. The van der Waals surface area contributed by atoms with Gasteiger partial charge in [-0.15, -0.1) is 0 Å². The van der Waals surface area contributed by atoms with Crippen LogP contribution in [0.3, 0.4) is 0 Å². The maximum absolute atomic E-state index is 11.6. The minimum Gasteiger partial charge on any atom is -0.464 e. The quantitative estimate of drug-likeness (QED) is 0.186. The normalized spacial score (nSPS) is 10.5. The third-order valence-corrected chi connectivity index (χ3v) is 4.65. The average molecular weight is 471 g/mol. The molecular weight excluding hydrogens is 432 g/mol. The number of ether oxygens (including phenoxy) is 4. The molecule has 0 aromatic carbocycles. The first-order chi connectivity index (χ1) is 15.4. The van der Waals surface area contributed by atoms with Crippen LogP contribution in [0.2, 0.25) is 0 Å². The van der Waals surface area contributed by atoms with Crippen LogP contribution in [0.15, 0.2) is 12.7 Å². The fourth-order valence-electron chi connectivity index (χ4n) is 1.55. The van der Waals surface area contributed by atoms with Gasteiger partial charge in [-0.1, -0.05) is 20.4 Å². The molecule has 0 aromatic heterocycles. The van der Waals surface area contributed by atoms with E-state index in [1.807, 2.05) is 33.8 Å². The summed E-state index contributed by atoms with van der Waals surface area (Å²) in [6.45, 7) is 14.6. The van der Waals surface area contributed by atoms with Crippen molar-refractivity contribution in [2.24, 2.45) is 10.8 Å². The Bertz CT molecular complexity index is 680. The second kappa shape index (κ2) is 17.5. The molecular formula is C23H38N2O8. The average Bonchev–Trinajstić information content (AvgIpc) is 2.79. The van der Waals surface area contributed by atoms with Crippen molar-refractivity contribution in [1.29, 1.82) is 5.26 Å². The predicted molar refractivity (Wildman–Crippen MR) is 121 cm³/mol. The summed E-state index contributed by atoms with van der Waals surface area (Å²) in [6, 6.07) is 1.92. The highest BCUT2D eigenvalue weighted by atomic mass is 16.6. The molecule has 10 nitrogen and oxygen atoms in total. The number of nitrogens with one attached hydrogen (secondary N) is 1. The Balaban J connectivity index is 0. The highest BCUT2D eigenvalue weighted by molar-refractivity contribution is 5.81. The van der Waals surface area contributed by atoms with E-state index in [-0.39, 0.29) is 51.3 Å². The monoisotopic (exact) mass is 470 g/mol. The van der Waals surface area contributed by atoms with Crippen molar-refractivity contribution in [3.63, 3.8) is 0 Å². The van der Waals surface area contributed by atoms with Crippen molar-refractivity contribution in [1.82, 2.24) is 5.32 Å². The lowest BCUT2D eigenvalue weighted by atomic mass is 9.91. The summed E-state index contributed by atoms with van der Waals surface area (Å²) in [5.74, 6) is -1.11. The van der Waals surface area contributed by atoms with Gasteiger partial charge in [-0.3, -0.25) is 9.59 Å². The number of nitriles is 1. The molecule has 0 radical (unpaired) electrons. The maximum Gasteiger partial charge on any atom is 0.407 e. The molecule has 188 valence electrons. The van der Waals surface area contributed by atoms with Crippen LogP contribution in [-0.2, 0) is 33.3 Å². The molecule has 0 unspecified atom stereocenters. The van der Waals surface area contributed by atoms with Crippen LogP contribution in [0.4, 0.5) is 4.79 Å². The summed E-state index contributed by atoms with van der Waals surface area (Å²) in [5.41, 5.74) is -0.966. The van der Waals surface area contributed by atoms with Crippen molar-refractivity contribution < 1.29 is 38.1 Å². The molecule has 0 aliphatic heterocycles. The SMILES string of the molecule is C=CC(=O)OCCNC(=O)OCCOC(=O)C(C)(C)CC.CCC(C)(C)C(=O)OCCC#N. The molecule has 1 N–H and O–H groups in total. The van der Waals surface area contributed by atoms with Gasteiger partial charge >= 0.3 is 24.0 Å². The summed E-state index contributed by atoms with van der Waals surface area (Å²) < 4.78 is 19.3. The topological polar surface area (TPSA) is 141 Å². The standard InChI is InChI=1S/C14H23NO6.C9H15NO2/c1-5-11(16)19-8-7-15-13(18)21-10-9-20-12(17)14(3,4)6-2;1-4-9(2,3)8(11)12-7-5-6-10/h5H,1,6-10H2,2-4H3,(H,15,18);4-5,7H2,1-3H3. The van der Waals surface area contributed by atoms with Gasteiger partial charge in [0, 0.05) is 6.08 Å². The highest BCUT2D eigenvalue weighted by Crippen LogP contribution is 2.21. The molecule has 0 heterocycles. The highest BCUT2D eigenvalue weighted by Gasteiger charge is 2.27. The zero-order chi connectivity index (χ0) is 25.9. The number of alkyl carbamates (subject to hydrolysis) is 1. The molecule has 0 saturated heterocycles. The Morgan fingerprint density at radius 3 is 1.79 bits per heavy atom. The van der Waals surface area contributed by atoms with E-state index in [2.05, 4.69) is 16.6 Å². The zero-order valence-electron chi connectivity index (χ0n) is 20.7. The van der Waals surface area contributed by atoms with E-state index in [0.717, 1.165) is 12.5 Å². The van der Waals surface area contributed by atoms with Gasteiger partial charge in [0.1, 0.15) is 26.4 Å². The molecule has 0 atom stereocenters. The Labute approximate surface area is 196 Å². The largest absolute Gasteiger partial charge is 0.464 e. The molecule has 0 aliphatic rings. The number of hydrogen-bond donors (Lipinski definition) is 1. The number of hydrogen-bond acceptors (Lipinski definition) is 9. The van der Waals surface area contributed by atoms with E-state index in [0.29, 0.717) is 6.42 Å². The van der Waals surface area contributed by atoms with Crippen molar-refractivity contribution in [2.75, 3.05) is 33.0 Å². The lowest BCUT2D eigenvalue weighted by Gasteiger charge is -2.20. The van der Waals surface area contributed by atoms with Gasteiger partial charge in [0.05, 0.1) is 29.9 Å². The third-order valence-electron chi connectivity index (χ3n) is 4.65. The van der Waals surface area contributed by atoms with Gasteiger partial charge in [0.25, 0.3) is 0 Å². The first-order valence-corrected chi connectivity index (χ1v) is 10.8. The van der Waals surface area contributed by atoms with Crippen LogP contribution >= 0.6 is 0 Å². The van der Waals surface area contributed by atoms with E-state index in [4.69, 9.17) is 19.5 Å². The predicted octanol–water partition coefficient (Wildman–Crippen LogP) is 3.30. The van der Waals surface area contributed by atoms with Gasteiger partial charge < -0.3 is 24.3 Å². The Morgan fingerprint density at radius 1 is 0.848 bits per heavy atom.